The number of nitrogens with two attached hydrogens (primary N) is 1. The average molecular weight is 297 g/mol. The van der Waals surface area contributed by atoms with Crippen molar-refractivity contribution >= 4 is 28.7 Å². The van der Waals surface area contributed by atoms with Gasteiger partial charge in [-0.1, -0.05) is 0 Å². The van der Waals surface area contributed by atoms with Crippen molar-refractivity contribution in [3.05, 3.63) is 12.7 Å². The molecule has 9 heteroatoms. The predicted octanol–water partition coefficient (Wildman–Crippen LogP) is -0.609. The molecule has 0 aliphatic carbocycles. The van der Waals surface area contributed by atoms with Crippen molar-refractivity contribution in [2.24, 2.45) is 0 Å². The molecule has 1 aliphatic heterocycles. The number of aromatic nitrogens is 4. The first-order valence-corrected chi connectivity index (χ1v) is 7.36. The zero-order chi connectivity index (χ0) is 14.3. The quantitative estimate of drug-likeness (QED) is 0.686. The number of hydrogen-bond donors (Lipinski definition) is 3. The van der Waals surface area contributed by atoms with Gasteiger partial charge in [-0.05, 0) is 6.26 Å². The van der Waals surface area contributed by atoms with Gasteiger partial charge in [-0.25, -0.2) is 15.0 Å². The molecule has 20 heavy (non-hydrogen) atoms. The van der Waals surface area contributed by atoms with Crippen LogP contribution >= 0.6 is 11.8 Å². The zero-order valence-electron chi connectivity index (χ0n) is 10.7. The molecule has 8 nitrogen and oxygen atoms in total. The summed E-state index contributed by atoms with van der Waals surface area (Å²) in [5.41, 5.74) is 6.80. The lowest BCUT2D eigenvalue weighted by Gasteiger charge is -2.19. The SMILES string of the molecule is CSC1C(O)[C@@H](CO)O[C@H]1n1cnc2c(N)ncnc21. The monoisotopic (exact) mass is 297 g/mol. The number of nitrogen functional groups attached to an aromatic ring is 1. The van der Waals surface area contributed by atoms with Crippen LogP contribution in [0.5, 0.6) is 0 Å². The maximum absolute atomic E-state index is 10.1. The Morgan fingerprint density at radius 2 is 2.25 bits per heavy atom. The molecule has 108 valence electrons. The van der Waals surface area contributed by atoms with E-state index < -0.39 is 18.4 Å². The molecule has 1 saturated heterocycles. The Morgan fingerprint density at radius 1 is 1.45 bits per heavy atom. The average Bonchev–Trinajstić information content (AvgIpc) is 3.00. The minimum Gasteiger partial charge on any atom is -0.394 e. The van der Waals surface area contributed by atoms with Crippen LogP contribution in [0.15, 0.2) is 12.7 Å². The van der Waals surface area contributed by atoms with Crippen molar-refractivity contribution < 1.29 is 14.9 Å². The van der Waals surface area contributed by atoms with Crippen LogP contribution < -0.4 is 5.73 Å². The first-order valence-electron chi connectivity index (χ1n) is 6.07. The molecular formula is C11H15N5O3S. The number of fused-ring (bicyclic) bond motifs is 1. The predicted molar refractivity (Wildman–Crippen MR) is 74.0 cm³/mol. The minimum absolute atomic E-state index is 0.222. The van der Waals surface area contributed by atoms with Crippen molar-refractivity contribution in [1.82, 2.24) is 19.5 Å². The summed E-state index contributed by atoms with van der Waals surface area (Å²) < 4.78 is 7.44. The second kappa shape index (κ2) is 5.17. The van der Waals surface area contributed by atoms with Crippen molar-refractivity contribution in [1.29, 1.82) is 0 Å². The van der Waals surface area contributed by atoms with E-state index in [4.69, 9.17) is 10.5 Å². The molecule has 1 fully saturated rings. The largest absolute Gasteiger partial charge is 0.394 e. The molecule has 2 unspecified atom stereocenters. The Hall–Kier alpha value is -1.42. The Bertz CT molecular complexity index is 621. The van der Waals surface area contributed by atoms with Gasteiger partial charge in [0.25, 0.3) is 0 Å². The third-order valence-electron chi connectivity index (χ3n) is 3.43. The molecule has 2 aromatic heterocycles. The zero-order valence-corrected chi connectivity index (χ0v) is 11.6. The molecule has 0 spiro atoms. The topological polar surface area (TPSA) is 119 Å². The molecule has 0 bridgehead atoms. The maximum atomic E-state index is 10.1. The third-order valence-corrected chi connectivity index (χ3v) is 4.48. The molecule has 0 amide bonds. The van der Waals surface area contributed by atoms with Crippen LogP contribution in [0.25, 0.3) is 11.2 Å². The summed E-state index contributed by atoms with van der Waals surface area (Å²) in [4.78, 5) is 12.2. The second-order valence-corrected chi connectivity index (χ2v) is 5.54. The van der Waals surface area contributed by atoms with Crippen molar-refractivity contribution in [3.8, 4) is 0 Å². The van der Waals surface area contributed by atoms with E-state index in [1.807, 2.05) is 6.26 Å². The number of rotatable bonds is 3. The first-order chi connectivity index (χ1) is 9.67. The Morgan fingerprint density at radius 3 is 2.95 bits per heavy atom. The van der Waals surface area contributed by atoms with E-state index in [-0.39, 0.29) is 11.9 Å². The smallest absolute Gasteiger partial charge is 0.167 e. The molecule has 0 radical (unpaired) electrons. The molecule has 0 aromatic carbocycles. The summed E-state index contributed by atoms with van der Waals surface area (Å²) in [6, 6.07) is 0. The minimum atomic E-state index is -0.753. The molecule has 3 rings (SSSR count). The van der Waals surface area contributed by atoms with E-state index >= 15 is 0 Å². The number of aliphatic hydroxyl groups excluding tert-OH is 2. The summed E-state index contributed by atoms with van der Waals surface area (Å²) >= 11 is 1.47. The highest BCUT2D eigenvalue weighted by molar-refractivity contribution is 7.99. The van der Waals surface area contributed by atoms with Gasteiger partial charge in [0.15, 0.2) is 17.7 Å². The normalized spacial score (nSPS) is 30.1. The third kappa shape index (κ3) is 1.94. The van der Waals surface area contributed by atoms with Crippen LogP contribution in [-0.4, -0.2) is 60.1 Å². The lowest BCUT2D eigenvalue weighted by molar-refractivity contribution is -0.0430. The summed E-state index contributed by atoms with van der Waals surface area (Å²) in [6.45, 7) is -0.238. The Labute approximate surface area is 119 Å². The van der Waals surface area contributed by atoms with Crippen LogP contribution in [0.3, 0.4) is 0 Å². The van der Waals surface area contributed by atoms with E-state index in [9.17, 15) is 10.2 Å². The van der Waals surface area contributed by atoms with Gasteiger partial charge in [-0.15, -0.1) is 0 Å². The van der Waals surface area contributed by atoms with Crippen molar-refractivity contribution in [2.45, 2.75) is 23.7 Å². The van der Waals surface area contributed by atoms with E-state index in [1.165, 1.54) is 18.1 Å². The standard InChI is InChI=1S/C11H15N5O3S/c1-20-8-7(18)5(2-17)19-11(8)16-4-15-6-9(12)13-3-14-10(6)16/h3-5,7-8,11,17-18H,2H2,1H3,(H2,12,13,14)/t5-,7?,8?,11-/m1/s1. The summed E-state index contributed by atoms with van der Waals surface area (Å²) in [5, 5.41) is 19.2. The fourth-order valence-electron chi connectivity index (χ4n) is 2.40. The number of hydrogen-bond acceptors (Lipinski definition) is 8. The number of imidazole rings is 1. The number of ether oxygens (including phenoxy) is 1. The highest BCUT2D eigenvalue weighted by Gasteiger charge is 2.44. The molecule has 4 atom stereocenters. The summed E-state index contributed by atoms with van der Waals surface area (Å²) in [6.07, 6.45) is 2.98. The lowest BCUT2D eigenvalue weighted by atomic mass is 10.2. The molecule has 3 heterocycles. The number of anilines is 1. The van der Waals surface area contributed by atoms with Gasteiger partial charge in [-0.3, -0.25) is 4.57 Å². The van der Waals surface area contributed by atoms with E-state index in [0.717, 1.165) is 0 Å². The summed E-state index contributed by atoms with van der Waals surface area (Å²) in [7, 11) is 0. The highest BCUT2D eigenvalue weighted by atomic mass is 32.2. The number of nitrogens with zero attached hydrogens (tertiary/aromatic N) is 4. The molecule has 0 saturated carbocycles. The van der Waals surface area contributed by atoms with Gasteiger partial charge < -0.3 is 20.7 Å². The van der Waals surface area contributed by atoms with E-state index in [2.05, 4.69) is 15.0 Å². The molecule has 2 aromatic rings. The highest BCUT2D eigenvalue weighted by Crippen LogP contribution is 2.37. The first kappa shape index (κ1) is 13.6. The van der Waals surface area contributed by atoms with Gasteiger partial charge in [0.05, 0.1) is 24.3 Å². The molecule has 1 aliphatic rings. The fraction of sp³-hybridized carbons (Fsp3) is 0.545. The molecule has 4 N–H and O–H groups in total. The van der Waals surface area contributed by atoms with E-state index in [1.54, 1.807) is 10.9 Å². The van der Waals surface area contributed by atoms with Gasteiger partial charge in [0.2, 0.25) is 0 Å². The van der Waals surface area contributed by atoms with Crippen molar-refractivity contribution in [3.63, 3.8) is 0 Å². The van der Waals surface area contributed by atoms with Gasteiger partial charge in [0, 0.05) is 0 Å². The van der Waals surface area contributed by atoms with Crippen LogP contribution in [0, 0.1) is 0 Å². The number of aliphatic hydroxyl groups is 2. The number of thioether (sulfide) groups is 1. The summed E-state index contributed by atoms with van der Waals surface area (Å²) in [5.74, 6) is 0.298. The van der Waals surface area contributed by atoms with E-state index in [0.29, 0.717) is 17.0 Å². The van der Waals surface area contributed by atoms with Crippen LogP contribution in [-0.2, 0) is 4.74 Å². The Kier molecular flexibility index (Phi) is 3.50. The van der Waals surface area contributed by atoms with Gasteiger partial charge in [-0.2, -0.15) is 11.8 Å². The Balaban J connectivity index is 2.04. The van der Waals surface area contributed by atoms with Gasteiger partial charge in [0.1, 0.15) is 17.9 Å². The van der Waals surface area contributed by atoms with Crippen molar-refractivity contribution in [2.75, 3.05) is 18.6 Å². The second-order valence-electron chi connectivity index (χ2n) is 4.52. The lowest BCUT2D eigenvalue weighted by Crippen LogP contribution is -2.31. The maximum Gasteiger partial charge on any atom is 0.167 e. The van der Waals surface area contributed by atoms with Crippen LogP contribution in [0.4, 0.5) is 5.82 Å². The fourth-order valence-corrected chi connectivity index (χ4v) is 3.29. The van der Waals surface area contributed by atoms with Gasteiger partial charge >= 0.3 is 0 Å². The van der Waals surface area contributed by atoms with Crippen LogP contribution in [0.1, 0.15) is 6.23 Å². The van der Waals surface area contributed by atoms with Crippen LogP contribution in [0.2, 0.25) is 0 Å². The molecular weight excluding hydrogens is 282 g/mol.